The number of carbonyl (C=O) groups excluding carboxylic acids is 1. The van der Waals surface area contributed by atoms with E-state index in [9.17, 15) is 13.2 Å². The van der Waals surface area contributed by atoms with Crippen molar-refractivity contribution in [3.05, 3.63) is 113 Å². The van der Waals surface area contributed by atoms with E-state index in [0.717, 1.165) is 35.1 Å². The van der Waals surface area contributed by atoms with Gasteiger partial charge in [-0.05, 0) is 79.3 Å². The zero-order valence-electron chi connectivity index (χ0n) is 21.9. The number of carbonyl (C=O) groups is 1. The molecule has 0 saturated heterocycles. The molecule has 196 valence electrons. The number of aromatic nitrogens is 2. The molecular formula is C30H32N4O3S. The van der Waals surface area contributed by atoms with Crippen LogP contribution >= 0.6 is 0 Å². The molecule has 0 radical (unpaired) electrons. The molecule has 7 nitrogen and oxygen atoms in total. The van der Waals surface area contributed by atoms with Gasteiger partial charge in [0.1, 0.15) is 5.82 Å². The molecule has 5 rings (SSSR count). The molecule has 0 spiro atoms. The minimum absolute atomic E-state index is 0.144. The Morgan fingerprint density at radius 3 is 2.58 bits per heavy atom. The molecule has 1 heterocycles. The number of aryl methyl sites for hydroxylation is 4. The van der Waals surface area contributed by atoms with Crippen molar-refractivity contribution in [3.63, 3.8) is 0 Å². The van der Waals surface area contributed by atoms with E-state index in [4.69, 9.17) is 0 Å². The second-order valence-corrected chi connectivity index (χ2v) is 11.7. The minimum Gasteiger partial charge on any atom is -0.337 e. The number of nitrogens with zero attached hydrogens (tertiary/aromatic N) is 3. The average Bonchev–Trinajstić information content (AvgIpc) is 3.52. The van der Waals surface area contributed by atoms with Gasteiger partial charge in [0.05, 0.1) is 17.5 Å². The number of benzene rings is 3. The molecule has 1 unspecified atom stereocenters. The quantitative estimate of drug-likeness (QED) is 0.331. The summed E-state index contributed by atoms with van der Waals surface area (Å²) < 4.78 is 31.5. The first-order chi connectivity index (χ1) is 18.3. The van der Waals surface area contributed by atoms with E-state index in [0.29, 0.717) is 23.5 Å². The first-order valence-corrected chi connectivity index (χ1v) is 14.3. The summed E-state index contributed by atoms with van der Waals surface area (Å²) in [7, 11) is -1.97. The SMILES string of the molecule is CCc1ccc(S(=O)(=O)N(Cc2nccn2C)C2CCc3ccc(NC(=O)c4cccc(C)c4)cc32)cc1. The summed E-state index contributed by atoms with van der Waals surface area (Å²) in [6, 6.07) is 20.0. The van der Waals surface area contributed by atoms with E-state index in [-0.39, 0.29) is 23.4 Å². The van der Waals surface area contributed by atoms with Crippen LogP contribution in [0, 0.1) is 6.92 Å². The summed E-state index contributed by atoms with van der Waals surface area (Å²) in [6.07, 6.45) is 5.74. The van der Waals surface area contributed by atoms with Crippen LogP contribution in [0.1, 0.15) is 57.8 Å². The predicted molar refractivity (Wildman–Crippen MR) is 148 cm³/mol. The second-order valence-electron chi connectivity index (χ2n) is 9.79. The van der Waals surface area contributed by atoms with Crippen molar-refractivity contribution in [1.29, 1.82) is 0 Å². The van der Waals surface area contributed by atoms with Gasteiger partial charge < -0.3 is 9.88 Å². The maximum absolute atomic E-state index is 14.1. The Balaban J connectivity index is 1.50. The van der Waals surface area contributed by atoms with Gasteiger partial charge in [-0.3, -0.25) is 4.79 Å². The molecule has 1 aliphatic carbocycles. The highest BCUT2D eigenvalue weighted by atomic mass is 32.2. The van der Waals surface area contributed by atoms with E-state index in [2.05, 4.69) is 10.3 Å². The van der Waals surface area contributed by atoms with Crippen molar-refractivity contribution >= 4 is 21.6 Å². The van der Waals surface area contributed by atoms with E-state index in [1.807, 2.05) is 80.2 Å². The van der Waals surface area contributed by atoms with Crippen molar-refractivity contribution in [2.75, 3.05) is 5.32 Å². The van der Waals surface area contributed by atoms with E-state index < -0.39 is 10.0 Å². The number of anilines is 1. The molecule has 1 aromatic heterocycles. The molecule has 1 amide bonds. The Labute approximate surface area is 224 Å². The van der Waals surface area contributed by atoms with Crippen molar-refractivity contribution in [3.8, 4) is 0 Å². The molecule has 4 aromatic rings. The van der Waals surface area contributed by atoms with E-state index in [1.54, 1.807) is 28.7 Å². The molecule has 0 bridgehead atoms. The van der Waals surface area contributed by atoms with Gasteiger partial charge in [0.2, 0.25) is 10.0 Å². The van der Waals surface area contributed by atoms with Gasteiger partial charge in [-0.2, -0.15) is 4.31 Å². The number of nitrogens with one attached hydrogen (secondary N) is 1. The normalized spacial score (nSPS) is 15.0. The van der Waals surface area contributed by atoms with Gasteiger partial charge in [-0.15, -0.1) is 0 Å². The van der Waals surface area contributed by atoms with Crippen LogP contribution in [0.3, 0.4) is 0 Å². The summed E-state index contributed by atoms with van der Waals surface area (Å²) in [5, 5.41) is 2.99. The first-order valence-electron chi connectivity index (χ1n) is 12.8. The van der Waals surface area contributed by atoms with Gasteiger partial charge in [0.15, 0.2) is 0 Å². The fourth-order valence-corrected chi connectivity index (χ4v) is 6.62. The lowest BCUT2D eigenvalue weighted by atomic mass is 10.1. The largest absolute Gasteiger partial charge is 0.337 e. The molecule has 1 N–H and O–H groups in total. The fourth-order valence-electron chi connectivity index (χ4n) is 5.03. The lowest BCUT2D eigenvalue weighted by Gasteiger charge is -2.29. The lowest BCUT2D eigenvalue weighted by molar-refractivity contribution is 0.102. The van der Waals surface area contributed by atoms with Gasteiger partial charge in [0.25, 0.3) is 5.91 Å². The van der Waals surface area contributed by atoms with Gasteiger partial charge in [-0.1, -0.05) is 42.8 Å². The Morgan fingerprint density at radius 2 is 1.89 bits per heavy atom. The molecule has 1 atom stereocenters. The highest BCUT2D eigenvalue weighted by Gasteiger charge is 2.37. The van der Waals surface area contributed by atoms with Crippen molar-refractivity contribution in [2.45, 2.75) is 50.6 Å². The maximum atomic E-state index is 14.1. The zero-order chi connectivity index (χ0) is 26.9. The highest BCUT2D eigenvalue weighted by molar-refractivity contribution is 7.89. The smallest absolute Gasteiger partial charge is 0.255 e. The second kappa shape index (κ2) is 10.6. The number of hydrogen-bond donors (Lipinski definition) is 1. The van der Waals surface area contributed by atoms with Crippen LogP contribution in [0.15, 0.2) is 84.0 Å². The molecule has 8 heteroatoms. The number of imidazole rings is 1. The Kier molecular flexibility index (Phi) is 7.19. The number of rotatable bonds is 8. The number of hydrogen-bond acceptors (Lipinski definition) is 4. The van der Waals surface area contributed by atoms with Crippen molar-refractivity contribution in [1.82, 2.24) is 13.9 Å². The summed E-state index contributed by atoms with van der Waals surface area (Å²) in [6.45, 7) is 4.14. The monoisotopic (exact) mass is 528 g/mol. The molecule has 1 aliphatic rings. The summed E-state index contributed by atoms with van der Waals surface area (Å²) in [5.41, 5.74) is 5.31. The third-order valence-electron chi connectivity index (χ3n) is 7.23. The molecule has 0 aliphatic heterocycles. The maximum Gasteiger partial charge on any atom is 0.255 e. The molecule has 0 saturated carbocycles. The van der Waals surface area contributed by atoms with Crippen LogP contribution in [-0.4, -0.2) is 28.2 Å². The summed E-state index contributed by atoms with van der Waals surface area (Å²) >= 11 is 0. The first kappa shape index (κ1) is 25.9. The van der Waals surface area contributed by atoms with Crippen molar-refractivity contribution in [2.24, 2.45) is 7.05 Å². The van der Waals surface area contributed by atoms with Crippen LogP contribution in [0.2, 0.25) is 0 Å². The fraction of sp³-hybridized carbons (Fsp3) is 0.267. The molecule has 3 aromatic carbocycles. The van der Waals surface area contributed by atoms with E-state index >= 15 is 0 Å². The Bertz CT molecular complexity index is 1580. The number of amides is 1. The topological polar surface area (TPSA) is 84.3 Å². The number of fused-ring (bicyclic) bond motifs is 1. The Hall–Kier alpha value is -3.75. The summed E-state index contributed by atoms with van der Waals surface area (Å²) in [5.74, 6) is 0.466. The zero-order valence-corrected chi connectivity index (χ0v) is 22.7. The van der Waals surface area contributed by atoms with Crippen LogP contribution in [0.25, 0.3) is 0 Å². The van der Waals surface area contributed by atoms with Gasteiger partial charge in [-0.25, -0.2) is 13.4 Å². The standard InChI is InChI=1S/C30H32N4O3S/c1-4-22-8-13-26(14-9-22)38(36,37)34(20-29-31-16-17-33(29)3)28-15-11-23-10-12-25(19-27(23)28)32-30(35)24-7-5-6-21(2)18-24/h5-10,12-14,16-19,28H,4,11,15,20H2,1-3H3,(H,32,35). The predicted octanol–water partition coefficient (Wildman–Crippen LogP) is 5.42. The Morgan fingerprint density at radius 1 is 1.11 bits per heavy atom. The van der Waals surface area contributed by atoms with Crippen LogP contribution in [0.5, 0.6) is 0 Å². The minimum atomic E-state index is -3.84. The average molecular weight is 529 g/mol. The lowest BCUT2D eigenvalue weighted by Crippen LogP contribution is -2.34. The third-order valence-corrected chi connectivity index (χ3v) is 9.10. The highest BCUT2D eigenvalue weighted by Crippen LogP contribution is 2.41. The molecule has 0 fully saturated rings. The molecule has 38 heavy (non-hydrogen) atoms. The van der Waals surface area contributed by atoms with Crippen molar-refractivity contribution < 1.29 is 13.2 Å². The van der Waals surface area contributed by atoms with Crippen LogP contribution in [-0.2, 0) is 36.5 Å². The van der Waals surface area contributed by atoms with Crippen LogP contribution in [0.4, 0.5) is 5.69 Å². The van der Waals surface area contributed by atoms with E-state index in [1.165, 1.54) is 0 Å². The molecular weight excluding hydrogens is 496 g/mol. The van der Waals surface area contributed by atoms with Crippen LogP contribution < -0.4 is 5.32 Å². The van der Waals surface area contributed by atoms with Gasteiger partial charge in [0, 0.05) is 30.7 Å². The van der Waals surface area contributed by atoms with Gasteiger partial charge >= 0.3 is 0 Å². The third kappa shape index (κ3) is 5.14. The number of sulfonamides is 1. The summed E-state index contributed by atoms with van der Waals surface area (Å²) in [4.78, 5) is 17.6.